The number of amides is 2. The molecule has 7 rings (SSSR count). The Morgan fingerprint density at radius 3 is 2.36 bits per heavy atom. The number of rotatable bonds is 6. The lowest BCUT2D eigenvalue weighted by atomic mass is 9.95. The van der Waals surface area contributed by atoms with Gasteiger partial charge in [0.1, 0.15) is 24.6 Å². The molecule has 45 heavy (non-hydrogen) atoms. The third-order valence-electron chi connectivity index (χ3n) is 10.2. The normalized spacial score (nSPS) is 23.9. The number of carbonyl (C=O) groups is 2. The van der Waals surface area contributed by atoms with Gasteiger partial charge in [-0.15, -0.1) is 0 Å². The standard InChI is InChI=1S/C34H46N6O5/c1-33(2,3)45-31(41)37-18-13-27-28(21-37)35-30(44-23-34-14-7-16-39(34)17-8-15-34)36-29(27)38-19-25-11-12-26(20-38)40(25)32(42)43-22-24-9-5-4-6-10-24/h4-6,9-10,25-26H,7-8,11-23H2,1-3H3/t25-,26+. The number of piperazine rings is 1. The van der Waals surface area contributed by atoms with Gasteiger partial charge in [-0.05, 0) is 84.4 Å². The summed E-state index contributed by atoms with van der Waals surface area (Å²) in [7, 11) is 0. The van der Waals surface area contributed by atoms with Gasteiger partial charge >= 0.3 is 18.2 Å². The molecule has 4 fully saturated rings. The SMILES string of the molecule is CC(C)(C)OC(=O)N1CCc2c(nc(OCC34CCCN3CCC4)nc2N2C[C@H]3CC[C@@H](C2)N3C(=O)OCc2ccccc2)C1. The fourth-order valence-electron chi connectivity index (χ4n) is 8.02. The van der Waals surface area contributed by atoms with Gasteiger partial charge < -0.3 is 24.0 Å². The first-order valence-corrected chi connectivity index (χ1v) is 16.7. The minimum absolute atomic E-state index is 0.0493. The Hall–Kier alpha value is -3.60. The molecular formula is C34H46N6O5. The van der Waals surface area contributed by atoms with Crippen LogP contribution in [-0.4, -0.2) is 99.4 Å². The summed E-state index contributed by atoms with van der Waals surface area (Å²) in [4.78, 5) is 44.8. The summed E-state index contributed by atoms with van der Waals surface area (Å²) in [6, 6.07) is 10.3. The Labute approximate surface area is 265 Å². The Bertz CT molecular complexity index is 1390. The van der Waals surface area contributed by atoms with Gasteiger partial charge in [-0.2, -0.15) is 9.97 Å². The number of benzene rings is 1. The average molecular weight is 619 g/mol. The zero-order valence-electron chi connectivity index (χ0n) is 26.9. The van der Waals surface area contributed by atoms with Gasteiger partial charge in [0, 0.05) is 25.2 Å². The number of anilines is 1. The maximum Gasteiger partial charge on any atom is 0.410 e. The van der Waals surface area contributed by atoms with Crippen molar-refractivity contribution in [3.63, 3.8) is 0 Å². The van der Waals surface area contributed by atoms with Crippen molar-refractivity contribution in [2.24, 2.45) is 0 Å². The molecule has 0 saturated carbocycles. The highest BCUT2D eigenvalue weighted by atomic mass is 16.6. The third-order valence-corrected chi connectivity index (χ3v) is 10.2. The highest BCUT2D eigenvalue weighted by molar-refractivity contribution is 5.71. The van der Waals surface area contributed by atoms with Gasteiger partial charge in [-0.3, -0.25) is 9.80 Å². The summed E-state index contributed by atoms with van der Waals surface area (Å²) in [6.45, 7) is 11.0. The summed E-state index contributed by atoms with van der Waals surface area (Å²) in [5, 5.41) is 0. The molecule has 2 atom stereocenters. The van der Waals surface area contributed by atoms with Crippen LogP contribution in [0.4, 0.5) is 15.4 Å². The topological polar surface area (TPSA) is 101 Å². The first kappa shape index (κ1) is 30.1. The number of nitrogens with zero attached hydrogens (tertiary/aromatic N) is 6. The molecule has 0 unspecified atom stereocenters. The van der Waals surface area contributed by atoms with Crippen LogP contribution in [0.1, 0.15) is 76.1 Å². The number of carbonyl (C=O) groups excluding carboxylic acids is 2. The molecule has 5 aliphatic heterocycles. The second kappa shape index (κ2) is 12.0. The molecule has 0 spiro atoms. The van der Waals surface area contributed by atoms with Gasteiger partial charge in [0.2, 0.25) is 0 Å². The van der Waals surface area contributed by atoms with Gasteiger partial charge in [0.05, 0.1) is 29.9 Å². The summed E-state index contributed by atoms with van der Waals surface area (Å²) < 4.78 is 17.9. The zero-order valence-corrected chi connectivity index (χ0v) is 26.9. The molecular weight excluding hydrogens is 572 g/mol. The van der Waals surface area contributed by atoms with Gasteiger partial charge in [-0.1, -0.05) is 30.3 Å². The van der Waals surface area contributed by atoms with E-state index in [1.807, 2.05) is 56.0 Å². The van der Waals surface area contributed by atoms with Crippen molar-refractivity contribution in [2.45, 2.75) is 102 Å². The molecule has 11 heteroatoms. The fourth-order valence-corrected chi connectivity index (χ4v) is 8.02. The lowest BCUT2D eigenvalue weighted by Gasteiger charge is -2.42. The molecule has 2 aromatic rings. The van der Waals surface area contributed by atoms with Crippen LogP contribution in [0.25, 0.3) is 0 Å². The summed E-state index contributed by atoms with van der Waals surface area (Å²) in [5.74, 6) is 0.875. The van der Waals surface area contributed by atoms with E-state index >= 15 is 0 Å². The van der Waals surface area contributed by atoms with E-state index in [9.17, 15) is 9.59 Å². The maximum absolute atomic E-state index is 13.2. The van der Waals surface area contributed by atoms with Crippen molar-refractivity contribution in [1.29, 1.82) is 0 Å². The van der Waals surface area contributed by atoms with E-state index in [0.717, 1.165) is 61.4 Å². The van der Waals surface area contributed by atoms with E-state index < -0.39 is 5.60 Å². The average Bonchev–Trinajstić information content (AvgIpc) is 3.68. The lowest BCUT2D eigenvalue weighted by Crippen LogP contribution is -2.56. The second-order valence-corrected chi connectivity index (χ2v) is 14.4. The van der Waals surface area contributed by atoms with E-state index in [1.165, 1.54) is 12.8 Å². The number of aromatic nitrogens is 2. The molecule has 0 radical (unpaired) electrons. The van der Waals surface area contributed by atoms with Crippen molar-refractivity contribution >= 4 is 18.0 Å². The minimum atomic E-state index is -0.572. The van der Waals surface area contributed by atoms with E-state index in [1.54, 1.807) is 4.90 Å². The minimum Gasteiger partial charge on any atom is -0.461 e. The van der Waals surface area contributed by atoms with Crippen LogP contribution in [0.15, 0.2) is 30.3 Å². The zero-order chi connectivity index (χ0) is 31.2. The Morgan fingerprint density at radius 1 is 0.956 bits per heavy atom. The number of hydrogen-bond acceptors (Lipinski definition) is 9. The van der Waals surface area contributed by atoms with Crippen molar-refractivity contribution in [1.82, 2.24) is 24.7 Å². The number of ether oxygens (including phenoxy) is 3. The molecule has 11 nitrogen and oxygen atoms in total. The van der Waals surface area contributed by atoms with E-state index in [4.69, 9.17) is 24.2 Å². The molecule has 4 saturated heterocycles. The molecule has 0 aliphatic carbocycles. The predicted molar refractivity (Wildman–Crippen MR) is 168 cm³/mol. The molecule has 0 N–H and O–H groups in total. The summed E-state index contributed by atoms with van der Waals surface area (Å²) >= 11 is 0. The number of hydrogen-bond donors (Lipinski definition) is 0. The van der Waals surface area contributed by atoms with Crippen LogP contribution in [0, 0.1) is 0 Å². The molecule has 1 aromatic carbocycles. The van der Waals surface area contributed by atoms with E-state index in [-0.39, 0.29) is 36.4 Å². The summed E-state index contributed by atoms with van der Waals surface area (Å²) in [6.07, 6.45) is 6.61. The monoisotopic (exact) mass is 618 g/mol. The predicted octanol–water partition coefficient (Wildman–Crippen LogP) is 4.77. The highest BCUT2D eigenvalue weighted by Crippen LogP contribution is 2.40. The van der Waals surface area contributed by atoms with Crippen molar-refractivity contribution in [3.05, 3.63) is 47.2 Å². The third kappa shape index (κ3) is 6.15. The first-order chi connectivity index (χ1) is 21.7. The van der Waals surface area contributed by atoms with Gasteiger partial charge in [-0.25, -0.2) is 9.59 Å². The molecule has 2 amide bonds. The number of fused-ring (bicyclic) bond motifs is 4. The van der Waals surface area contributed by atoms with Crippen molar-refractivity contribution in [2.75, 3.05) is 44.2 Å². The molecule has 1 aromatic heterocycles. The van der Waals surface area contributed by atoms with Crippen LogP contribution in [0.2, 0.25) is 0 Å². The van der Waals surface area contributed by atoms with Crippen LogP contribution >= 0.6 is 0 Å². The first-order valence-electron chi connectivity index (χ1n) is 16.7. The molecule has 2 bridgehead atoms. The van der Waals surface area contributed by atoms with Crippen LogP contribution < -0.4 is 9.64 Å². The van der Waals surface area contributed by atoms with Crippen LogP contribution in [0.3, 0.4) is 0 Å². The largest absolute Gasteiger partial charge is 0.461 e. The molecule has 6 heterocycles. The quantitative estimate of drug-likeness (QED) is 0.453. The molecule has 242 valence electrons. The van der Waals surface area contributed by atoms with E-state index in [0.29, 0.717) is 45.2 Å². The van der Waals surface area contributed by atoms with Gasteiger partial charge in [0.15, 0.2) is 0 Å². The highest BCUT2D eigenvalue weighted by Gasteiger charge is 2.46. The van der Waals surface area contributed by atoms with E-state index in [2.05, 4.69) is 9.80 Å². The van der Waals surface area contributed by atoms with Crippen LogP contribution in [-0.2, 0) is 29.0 Å². The van der Waals surface area contributed by atoms with Crippen molar-refractivity contribution < 1.29 is 23.8 Å². The summed E-state index contributed by atoms with van der Waals surface area (Å²) in [5.41, 5.74) is 2.36. The maximum atomic E-state index is 13.2. The second-order valence-electron chi connectivity index (χ2n) is 14.4. The van der Waals surface area contributed by atoms with Crippen LogP contribution in [0.5, 0.6) is 6.01 Å². The molecule has 5 aliphatic rings. The Kier molecular flexibility index (Phi) is 8.00. The van der Waals surface area contributed by atoms with Crippen molar-refractivity contribution in [3.8, 4) is 6.01 Å². The Balaban J connectivity index is 1.11. The smallest absolute Gasteiger partial charge is 0.410 e. The fraction of sp³-hybridized carbons (Fsp3) is 0.647. The lowest BCUT2D eigenvalue weighted by molar-refractivity contribution is 0.0219. The van der Waals surface area contributed by atoms with Gasteiger partial charge in [0.25, 0.3) is 0 Å². The Morgan fingerprint density at radius 2 is 1.67 bits per heavy atom.